The minimum absolute atomic E-state index is 0.0495. The van der Waals surface area contributed by atoms with Crippen LogP contribution in [-0.2, 0) is 4.79 Å². The topological polar surface area (TPSA) is 67.2 Å². The van der Waals surface area contributed by atoms with Gasteiger partial charge < -0.3 is 10.4 Å². The normalized spacial score (nSPS) is 21.8. The van der Waals surface area contributed by atoms with Gasteiger partial charge in [-0.3, -0.25) is 4.79 Å². The van der Waals surface area contributed by atoms with Crippen LogP contribution in [-0.4, -0.2) is 26.4 Å². The summed E-state index contributed by atoms with van der Waals surface area (Å²) < 4.78 is 29.4. The Hall–Kier alpha value is -2.48. The molecule has 0 aliphatic heterocycles. The molecule has 0 fully saturated rings. The van der Waals surface area contributed by atoms with Crippen molar-refractivity contribution < 1.29 is 18.7 Å². The minimum atomic E-state index is -0.993. The van der Waals surface area contributed by atoms with Crippen molar-refractivity contribution in [3.05, 3.63) is 64.3 Å². The Balaban J connectivity index is 2.10. The molecule has 5 nitrogen and oxygen atoms in total. The van der Waals surface area contributed by atoms with E-state index in [4.69, 9.17) is 0 Å². The van der Waals surface area contributed by atoms with E-state index in [1.54, 1.807) is 38.2 Å². The summed E-state index contributed by atoms with van der Waals surface area (Å²) in [6.45, 7) is 3.45. The number of anilines is 1. The summed E-state index contributed by atoms with van der Waals surface area (Å²) in [4.78, 5) is 11.6. The number of carboxylic acids is 1. The molecule has 1 aromatic heterocycles. The molecule has 8 heteroatoms. The second kappa shape index (κ2) is 6.68. The number of rotatable bonds is 4. The van der Waals surface area contributed by atoms with Gasteiger partial charge in [-0.1, -0.05) is 24.3 Å². The van der Waals surface area contributed by atoms with Gasteiger partial charge in [0.2, 0.25) is 0 Å². The molecule has 0 saturated carbocycles. The van der Waals surface area contributed by atoms with Gasteiger partial charge in [-0.05, 0) is 41.9 Å². The summed E-state index contributed by atoms with van der Waals surface area (Å²) in [6.07, 6.45) is 6.72. The Labute approximate surface area is 157 Å². The molecule has 0 amide bonds. The number of benzene rings is 1. The van der Waals surface area contributed by atoms with Crippen LogP contribution in [0.3, 0.4) is 0 Å². The predicted octanol–water partition coefficient (Wildman–Crippen LogP) is 4.22. The van der Waals surface area contributed by atoms with Crippen molar-refractivity contribution in [3.63, 3.8) is 0 Å². The lowest BCUT2D eigenvalue weighted by Gasteiger charge is -2.34. The zero-order valence-corrected chi connectivity index (χ0v) is 15.6. The number of carboxylic acid groups (broad SMARTS) is 1. The van der Waals surface area contributed by atoms with Gasteiger partial charge in [0.05, 0.1) is 15.7 Å². The molecule has 2 unspecified atom stereocenters. The quantitative estimate of drug-likeness (QED) is 0.772. The van der Waals surface area contributed by atoms with Gasteiger partial charge in [0, 0.05) is 6.07 Å². The number of nitrogens with zero attached hydrogens (tertiary/aromatic N) is 2. The van der Waals surface area contributed by atoms with Crippen LogP contribution in [0.15, 0.2) is 47.0 Å². The maximum atomic E-state index is 14.3. The van der Waals surface area contributed by atoms with Crippen molar-refractivity contribution in [1.29, 1.82) is 0 Å². The summed E-state index contributed by atoms with van der Waals surface area (Å²) in [6, 6.07) is 3.19. The van der Waals surface area contributed by atoms with Crippen molar-refractivity contribution >= 4 is 27.7 Å². The maximum Gasteiger partial charge on any atom is 0.313 e. The first-order valence-electron chi connectivity index (χ1n) is 7.80. The Bertz CT molecular complexity index is 939. The lowest BCUT2D eigenvalue weighted by Crippen LogP contribution is -2.45. The SMILES string of the molecule is Cc1nn(-c2ccc(F)cc2F)c(NC2(C)C=CC=CC2C(=O)O)c1Br. The highest BCUT2D eigenvalue weighted by atomic mass is 79.9. The third-order valence-electron chi connectivity index (χ3n) is 4.28. The van der Waals surface area contributed by atoms with Gasteiger partial charge in [-0.25, -0.2) is 13.5 Å². The molecule has 2 aromatic rings. The molecular formula is C18H16BrF2N3O2. The van der Waals surface area contributed by atoms with Gasteiger partial charge in [0.1, 0.15) is 23.2 Å². The third-order valence-corrected chi connectivity index (χ3v) is 5.23. The first kappa shape index (κ1) is 18.3. The number of carbonyl (C=O) groups is 1. The van der Waals surface area contributed by atoms with E-state index in [1.165, 1.54) is 10.7 Å². The van der Waals surface area contributed by atoms with Crippen molar-refractivity contribution in [2.45, 2.75) is 19.4 Å². The summed E-state index contributed by atoms with van der Waals surface area (Å²) in [5.74, 6) is -2.92. The maximum absolute atomic E-state index is 14.3. The van der Waals surface area contributed by atoms with E-state index < -0.39 is 29.1 Å². The zero-order valence-electron chi connectivity index (χ0n) is 14.0. The van der Waals surface area contributed by atoms with Crippen LogP contribution in [0.5, 0.6) is 0 Å². The van der Waals surface area contributed by atoms with Gasteiger partial charge in [-0.15, -0.1) is 0 Å². The third kappa shape index (κ3) is 3.16. The van der Waals surface area contributed by atoms with Crippen LogP contribution in [0.1, 0.15) is 12.6 Å². The Morgan fingerprint density at radius 1 is 1.38 bits per heavy atom. The van der Waals surface area contributed by atoms with E-state index in [0.717, 1.165) is 12.1 Å². The van der Waals surface area contributed by atoms with Crippen LogP contribution in [0.2, 0.25) is 0 Å². The van der Waals surface area contributed by atoms with Crippen molar-refractivity contribution in [2.24, 2.45) is 5.92 Å². The highest BCUT2D eigenvalue weighted by molar-refractivity contribution is 9.10. The van der Waals surface area contributed by atoms with E-state index >= 15 is 0 Å². The molecule has 0 bridgehead atoms. The number of aromatic nitrogens is 2. The number of nitrogens with one attached hydrogen (secondary N) is 1. The first-order valence-corrected chi connectivity index (χ1v) is 8.60. The molecule has 1 aliphatic carbocycles. The largest absolute Gasteiger partial charge is 0.481 e. The molecule has 0 saturated heterocycles. The number of hydrogen-bond acceptors (Lipinski definition) is 3. The van der Waals surface area contributed by atoms with E-state index in [1.807, 2.05) is 0 Å². The molecule has 1 aliphatic rings. The lowest BCUT2D eigenvalue weighted by atomic mass is 9.82. The molecule has 26 heavy (non-hydrogen) atoms. The van der Waals surface area contributed by atoms with Crippen LogP contribution in [0.25, 0.3) is 5.69 Å². The van der Waals surface area contributed by atoms with Gasteiger partial charge in [0.15, 0.2) is 5.82 Å². The number of halogens is 3. The fourth-order valence-corrected chi connectivity index (χ4v) is 3.24. The smallest absolute Gasteiger partial charge is 0.313 e. The lowest BCUT2D eigenvalue weighted by molar-refractivity contribution is -0.141. The van der Waals surface area contributed by atoms with Crippen LogP contribution in [0.4, 0.5) is 14.6 Å². The molecule has 136 valence electrons. The average Bonchev–Trinajstić information content (AvgIpc) is 2.83. The molecule has 2 N–H and O–H groups in total. The summed E-state index contributed by atoms with van der Waals surface area (Å²) in [5.41, 5.74) is -0.348. The fourth-order valence-electron chi connectivity index (χ4n) is 2.89. The number of hydrogen-bond donors (Lipinski definition) is 2. The molecule has 0 spiro atoms. The molecule has 1 heterocycles. The van der Waals surface area contributed by atoms with Crippen molar-refractivity contribution in [3.8, 4) is 5.69 Å². The van der Waals surface area contributed by atoms with Crippen molar-refractivity contribution in [1.82, 2.24) is 9.78 Å². The van der Waals surface area contributed by atoms with Crippen LogP contribution >= 0.6 is 15.9 Å². The monoisotopic (exact) mass is 423 g/mol. The van der Waals surface area contributed by atoms with Crippen LogP contribution < -0.4 is 5.32 Å². The average molecular weight is 424 g/mol. The minimum Gasteiger partial charge on any atom is -0.481 e. The Morgan fingerprint density at radius 2 is 2.12 bits per heavy atom. The Morgan fingerprint density at radius 3 is 2.77 bits per heavy atom. The van der Waals surface area contributed by atoms with Gasteiger partial charge >= 0.3 is 5.97 Å². The van der Waals surface area contributed by atoms with E-state index in [9.17, 15) is 18.7 Å². The summed E-state index contributed by atoms with van der Waals surface area (Å²) >= 11 is 3.41. The van der Waals surface area contributed by atoms with Crippen LogP contribution in [0, 0.1) is 24.5 Å². The highest BCUT2D eigenvalue weighted by Gasteiger charge is 2.38. The highest BCUT2D eigenvalue weighted by Crippen LogP contribution is 2.35. The molecule has 2 atom stereocenters. The van der Waals surface area contributed by atoms with E-state index in [-0.39, 0.29) is 5.69 Å². The molecule has 3 rings (SSSR count). The standard InChI is InChI=1S/C18H16BrF2N3O2/c1-10-15(19)16(22-18(2)8-4-3-5-12(18)17(25)26)24(23-10)14-7-6-11(20)9-13(14)21/h3-9,12,22H,1-2H3,(H,25,26). The number of aliphatic carboxylic acids is 1. The van der Waals surface area contributed by atoms with Gasteiger partial charge in [-0.2, -0.15) is 5.10 Å². The second-order valence-corrected chi connectivity index (χ2v) is 7.02. The summed E-state index contributed by atoms with van der Waals surface area (Å²) in [7, 11) is 0. The predicted molar refractivity (Wildman–Crippen MR) is 97.4 cm³/mol. The van der Waals surface area contributed by atoms with E-state index in [2.05, 4.69) is 26.3 Å². The molecule has 1 aromatic carbocycles. The van der Waals surface area contributed by atoms with E-state index in [0.29, 0.717) is 16.0 Å². The molecule has 0 radical (unpaired) electrons. The Kier molecular flexibility index (Phi) is 4.70. The molecular weight excluding hydrogens is 408 g/mol. The number of allylic oxidation sites excluding steroid dienone is 2. The zero-order chi connectivity index (χ0) is 19.1. The van der Waals surface area contributed by atoms with Gasteiger partial charge in [0.25, 0.3) is 0 Å². The number of aryl methyl sites for hydroxylation is 1. The van der Waals surface area contributed by atoms with Crippen molar-refractivity contribution in [2.75, 3.05) is 5.32 Å². The summed E-state index contributed by atoms with van der Waals surface area (Å²) in [5, 5.41) is 17.0. The fraction of sp³-hybridized carbons (Fsp3) is 0.222. The first-order chi connectivity index (χ1) is 12.2. The second-order valence-electron chi connectivity index (χ2n) is 6.22.